The summed E-state index contributed by atoms with van der Waals surface area (Å²) >= 11 is 7.29. The predicted octanol–water partition coefficient (Wildman–Crippen LogP) is 5.34. The van der Waals surface area contributed by atoms with Crippen LogP contribution in [0.25, 0.3) is 0 Å². The van der Waals surface area contributed by atoms with Crippen molar-refractivity contribution < 1.29 is 0 Å². The Labute approximate surface area is 115 Å². The summed E-state index contributed by atoms with van der Waals surface area (Å²) in [6.07, 6.45) is 8.21. The standard InChI is InChI=1S/C14H18Br2/c15-11-14(7-2-1-3-8-14)10-12-5-4-6-13(16)9-12/h4-6,9H,1-3,7-8,10-11H2. The monoisotopic (exact) mass is 344 g/mol. The maximum absolute atomic E-state index is 3.73. The second-order valence-corrected chi connectivity index (χ2v) is 6.48. The Morgan fingerprint density at radius 1 is 1.12 bits per heavy atom. The topological polar surface area (TPSA) is 0 Å². The quantitative estimate of drug-likeness (QED) is 0.649. The highest BCUT2D eigenvalue weighted by molar-refractivity contribution is 9.10. The number of hydrogen-bond acceptors (Lipinski definition) is 0. The summed E-state index contributed by atoms with van der Waals surface area (Å²) in [5.74, 6) is 0. The molecule has 0 aliphatic heterocycles. The minimum absolute atomic E-state index is 0.513. The largest absolute Gasteiger partial charge is 0.0922 e. The van der Waals surface area contributed by atoms with Crippen molar-refractivity contribution in [1.82, 2.24) is 0 Å². The lowest BCUT2D eigenvalue weighted by molar-refractivity contribution is 0.223. The lowest BCUT2D eigenvalue weighted by Crippen LogP contribution is -2.28. The number of hydrogen-bond donors (Lipinski definition) is 0. The van der Waals surface area contributed by atoms with E-state index in [0.717, 1.165) is 5.33 Å². The summed E-state index contributed by atoms with van der Waals surface area (Å²) in [6.45, 7) is 0. The van der Waals surface area contributed by atoms with Gasteiger partial charge in [-0.2, -0.15) is 0 Å². The molecule has 0 unspecified atom stereocenters. The van der Waals surface area contributed by atoms with Gasteiger partial charge in [0, 0.05) is 9.80 Å². The first-order valence-electron chi connectivity index (χ1n) is 6.05. The third-order valence-corrected chi connectivity index (χ3v) is 5.35. The van der Waals surface area contributed by atoms with Crippen LogP contribution >= 0.6 is 31.9 Å². The molecule has 1 aliphatic rings. The van der Waals surface area contributed by atoms with Crippen LogP contribution in [0.5, 0.6) is 0 Å². The molecule has 0 amide bonds. The van der Waals surface area contributed by atoms with E-state index in [1.165, 1.54) is 48.6 Å². The van der Waals surface area contributed by atoms with Crippen LogP contribution < -0.4 is 0 Å². The van der Waals surface area contributed by atoms with Crippen LogP contribution in [0.4, 0.5) is 0 Å². The fourth-order valence-electron chi connectivity index (χ4n) is 2.74. The SMILES string of the molecule is BrCC1(Cc2cccc(Br)c2)CCCCC1. The van der Waals surface area contributed by atoms with E-state index >= 15 is 0 Å². The Morgan fingerprint density at radius 2 is 1.88 bits per heavy atom. The van der Waals surface area contributed by atoms with Gasteiger partial charge in [0.1, 0.15) is 0 Å². The second kappa shape index (κ2) is 5.68. The van der Waals surface area contributed by atoms with Crippen molar-refractivity contribution in [3.63, 3.8) is 0 Å². The van der Waals surface area contributed by atoms with Crippen molar-refractivity contribution in [2.24, 2.45) is 5.41 Å². The first-order chi connectivity index (χ1) is 7.74. The summed E-state index contributed by atoms with van der Waals surface area (Å²) in [4.78, 5) is 0. The molecule has 0 radical (unpaired) electrons. The fourth-order valence-corrected chi connectivity index (χ4v) is 3.95. The molecule has 0 N–H and O–H groups in total. The maximum atomic E-state index is 3.73. The van der Waals surface area contributed by atoms with Crippen molar-refractivity contribution in [2.45, 2.75) is 38.5 Å². The minimum atomic E-state index is 0.513. The Morgan fingerprint density at radius 3 is 2.50 bits per heavy atom. The van der Waals surface area contributed by atoms with Gasteiger partial charge < -0.3 is 0 Å². The van der Waals surface area contributed by atoms with E-state index in [9.17, 15) is 0 Å². The summed E-state index contributed by atoms with van der Waals surface area (Å²) in [5.41, 5.74) is 1.98. The van der Waals surface area contributed by atoms with Gasteiger partial charge in [-0.15, -0.1) is 0 Å². The van der Waals surface area contributed by atoms with Crippen LogP contribution in [0, 0.1) is 5.41 Å². The van der Waals surface area contributed by atoms with E-state index in [1.807, 2.05) is 0 Å². The molecule has 0 bridgehead atoms. The van der Waals surface area contributed by atoms with E-state index in [4.69, 9.17) is 0 Å². The third-order valence-electron chi connectivity index (χ3n) is 3.67. The van der Waals surface area contributed by atoms with E-state index in [0.29, 0.717) is 5.41 Å². The second-order valence-electron chi connectivity index (χ2n) is 5.00. The molecule has 1 saturated carbocycles. The summed E-state index contributed by atoms with van der Waals surface area (Å²) in [6, 6.07) is 8.76. The van der Waals surface area contributed by atoms with Crippen LogP contribution in [-0.2, 0) is 6.42 Å². The number of halogens is 2. The smallest absolute Gasteiger partial charge is 0.0177 e. The lowest BCUT2D eigenvalue weighted by Gasteiger charge is -2.36. The van der Waals surface area contributed by atoms with Crippen molar-refractivity contribution in [3.05, 3.63) is 34.3 Å². The third kappa shape index (κ3) is 3.10. The average molecular weight is 346 g/mol. The fraction of sp³-hybridized carbons (Fsp3) is 0.571. The van der Waals surface area contributed by atoms with Gasteiger partial charge in [-0.25, -0.2) is 0 Å². The van der Waals surface area contributed by atoms with Gasteiger partial charge in [-0.05, 0) is 42.4 Å². The zero-order chi connectivity index (χ0) is 11.4. The van der Waals surface area contributed by atoms with Gasteiger partial charge in [0.15, 0.2) is 0 Å². The van der Waals surface area contributed by atoms with E-state index in [1.54, 1.807) is 0 Å². The molecule has 1 aliphatic carbocycles. The molecule has 1 fully saturated rings. The first kappa shape index (κ1) is 12.6. The summed E-state index contributed by atoms with van der Waals surface area (Å²) < 4.78 is 1.20. The molecule has 0 atom stereocenters. The lowest BCUT2D eigenvalue weighted by atomic mass is 9.72. The average Bonchev–Trinajstić information content (AvgIpc) is 2.30. The van der Waals surface area contributed by atoms with Crippen LogP contribution in [-0.4, -0.2) is 5.33 Å². The van der Waals surface area contributed by atoms with Gasteiger partial charge >= 0.3 is 0 Å². The molecule has 88 valence electrons. The molecule has 2 heteroatoms. The van der Waals surface area contributed by atoms with Gasteiger partial charge in [0.05, 0.1) is 0 Å². The molecular weight excluding hydrogens is 328 g/mol. The summed E-state index contributed by atoms with van der Waals surface area (Å²) in [5, 5.41) is 1.15. The predicted molar refractivity (Wildman–Crippen MR) is 77.2 cm³/mol. The highest BCUT2D eigenvalue weighted by Crippen LogP contribution is 2.40. The number of alkyl halides is 1. The highest BCUT2D eigenvalue weighted by Gasteiger charge is 2.30. The molecule has 0 nitrogen and oxygen atoms in total. The van der Waals surface area contributed by atoms with Crippen LogP contribution in [0.3, 0.4) is 0 Å². The highest BCUT2D eigenvalue weighted by atomic mass is 79.9. The van der Waals surface area contributed by atoms with Crippen LogP contribution in [0.15, 0.2) is 28.7 Å². The molecule has 0 saturated heterocycles. The minimum Gasteiger partial charge on any atom is -0.0922 e. The molecule has 16 heavy (non-hydrogen) atoms. The van der Waals surface area contributed by atoms with Crippen molar-refractivity contribution in [1.29, 1.82) is 0 Å². The van der Waals surface area contributed by atoms with Gasteiger partial charge in [0.25, 0.3) is 0 Å². The van der Waals surface area contributed by atoms with E-state index < -0.39 is 0 Å². The Bertz CT molecular complexity index is 340. The van der Waals surface area contributed by atoms with E-state index in [-0.39, 0.29) is 0 Å². The number of rotatable bonds is 3. The first-order valence-corrected chi connectivity index (χ1v) is 7.96. The molecule has 1 aromatic rings. The molecule has 0 spiro atoms. The van der Waals surface area contributed by atoms with Crippen molar-refractivity contribution >= 4 is 31.9 Å². The zero-order valence-electron chi connectivity index (χ0n) is 9.52. The Balaban J connectivity index is 2.11. The normalized spacial score (nSPS) is 19.6. The molecule has 0 aromatic heterocycles. The van der Waals surface area contributed by atoms with Crippen LogP contribution in [0.2, 0.25) is 0 Å². The molecule has 1 aromatic carbocycles. The summed E-state index contributed by atoms with van der Waals surface area (Å²) in [7, 11) is 0. The molecule has 2 rings (SSSR count). The van der Waals surface area contributed by atoms with Gasteiger partial charge in [-0.1, -0.05) is 63.3 Å². The Kier molecular flexibility index (Phi) is 4.48. The molecular formula is C14H18Br2. The zero-order valence-corrected chi connectivity index (χ0v) is 12.7. The van der Waals surface area contributed by atoms with Crippen molar-refractivity contribution in [3.8, 4) is 0 Å². The van der Waals surface area contributed by atoms with E-state index in [2.05, 4.69) is 56.1 Å². The maximum Gasteiger partial charge on any atom is 0.0177 e. The van der Waals surface area contributed by atoms with Gasteiger partial charge in [0.2, 0.25) is 0 Å². The Hall–Kier alpha value is 0.180. The molecule has 0 heterocycles. The van der Waals surface area contributed by atoms with Crippen molar-refractivity contribution in [2.75, 3.05) is 5.33 Å². The van der Waals surface area contributed by atoms with Gasteiger partial charge in [-0.3, -0.25) is 0 Å². The van der Waals surface area contributed by atoms with Crippen LogP contribution in [0.1, 0.15) is 37.7 Å². The number of benzene rings is 1.